The van der Waals surface area contributed by atoms with Crippen LogP contribution in [0.15, 0.2) is 5.16 Å². The Labute approximate surface area is 99.7 Å². The molecule has 88 valence electrons. The van der Waals surface area contributed by atoms with Gasteiger partial charge in [-0.1, -0.05) is 16.8 Å². The molecule has 1 aromatic rings. The van der Waals surface area contributed by atoms with Gasteiger partial charge >= 0.3 is 0 Å². The van der Waals surface area contributed by atoms with Gasteiger partial charge in [-0.3, -0.25) is 9.59 Å². The lowest BCUT2D eigenvalue weighted by Gasteiger charge is -2.17. The molecule has 1 aliphatic rings. The number of rotatable bonds is 0. The van der Waals surface area contributed by atoms with Gasteiger partial charge in [-0.2, -0.15) is 0 Å². The first-order valence-electron chi connectivity index (χ1n) is 4.44. The van der Waals surface area contributed by atoms with Crippen LogP contribution in [-0.4, -0.2) is 32.7 Å². The van der Waals surface area contributed by atoms with Crippen LogP contribution in [0.3, 0.4) is 0 Å². The Morgan fingerprint density at radius 3 is 2.65 bits per heavy atom. The van der Waals surface area contributed by atoms with Gasteiger partial charge in [-0.15, -0.1) is 0 Å². The number of carbonyl (C=O) groups is 2. The number of Topliss-reactive ketones (excluding diaryl/α,β-unsaturated/α-hetero) is 1. The number of aromatic hydroxyl groups is 1. The number of amides is 1. The number of nitrogens with one attached hydrogen (secondary N) is 1. The maximum Gasteiger partial charge on any atom is 0.283 e. The van der Waals surface area contributed by atoms with Crippen molar-refractivity contribution in [3.63, 3.8) is 0 Å². The second-order valence-electron chi connectivity index (χ2n) is 3.33. The Kier molecular flexibility index (Phi) is 2.47. The molecule has 0 aliphatic carbocycles. The second-order valence-corrected chi connectivity index (χ2v) is 3.69. The van der Waals surface area contributed by atoms with Gasteiger partial charge in [0.05, 0.1) is 0 Å². The number of oxime groups is 1. The maximum atomic E-state index is 11.7. The summed E-state index contributed by atoms with van der Waals surface area (Å²) in [7, 11) is 0. The Morgan fingerprint density at radius 1 is 1.41 bits per heavy atom. The van der Waals surface area contributed by atoms with Gasteiger partial charge in [-0.05, 0) is 6.92 Å². The van der Waals surface area contributed by atoms with Gasteiger partial charge in [0.1, 0.15) is 22.3 Å². The van der Waals surface area contributed by atoms with Gasteiger partial charge in [0.15, 0.2) is 0 Å². The zero-order valence-electron chi connectivity index (χ0n) is 8.48. The smallest absolute Gasteiger partial charge is 0.283 e. The average Bonchev–Trinajstić information content (AvgIpc) is 2.26. The van der Waals surface area contributed by atoms with Crippen LogP contribution in [0.1, 0.15) is 15.9 Å². The molecule has 2 heterocycles. The second kappa shape index (κ2) is 3.70. The van der Waals surface area contributed by atoms with E-state index >= 15 is 0 Å². The van der Waals surface area contributed by atoms with Crippen molar-refractivity contribution >= 4 is 34.8 Å². The Hall–Kier alpha value is -2.15. The number of anilines is 1. The fraction of sp³-hybridized carbons (Fsp3) is 0.111. The fourth-order valence-corrected chi connectivity index (χ4v) is 1.59. The first-order chi connectivity index (χ1) is 7.97. The zero-order valence-corrected chi connectivity index (χ0v) is 9.24. The molecule has 0 fully saturated rings. The summed E-state index contributed by atoms with van der Waals surface area (Å²) in [4.78, 5) is 26.8. The van der Waals surface area contributed by atoms with Crippen molar-refractivity contribution in [1.29, 1.82) is 0 Å². The van der Waals surface area contributed by atoms with E-state index in [-0.39, 0.29) is 22.1 Å². The molecule has 0 spiro atoms. The van der Waals surface area contributed by atoms with Gasteiger partial charge < -0.3 is 15.6 Å². The van der Waals surface area contributed by atoms with Crippen LogP contribution < -0.4 is 5.32 Å². The number of fused-ring (bicyclic) bond motifs is 1. The molecular formula is C9H6ClN3O4. The topological polar surface area (TPSA) is 112 Å². The number of hydrogen-bond donors (Lipinski definition) is 3. The van der Waals surface area contributed by atoms with Crippen molar-refractivity contribution in [1.82, 2.24) is 4.98 Å². The molecule has 2 rings (SSSR count). The highest BCUT2D eigenvalue weighted by molar-refractivity contribution is 6.72. The Morgan fingerprint density at radius 2 is 2.06 bits per heavy atom. The number of pyridine rings is 1. The molecular weight excluding hydrogens is 250 g/mol. The lowest BCUT2D eigenvalue weighted by Crippen LogP contribution is -2.36. The van der Waals surface area contributed by atoms with E-state index in [4.69, 9.17) is 16.8 Å². The van der Waals surface area contributed by atoms with E-state index in [0.29, 0.717) is 0 Å². The molecule has 0 saturated heterocycles. The third-order valence-electron chi connectivity index (χ3n) is 2.34. The first kappa shape index (κ1) is 11.3. The number of nitrogens with zero attached hydrogens (tertiary/aromatic N) is 2. The molecule has 0 aromatic carbocycles. The minimum absolute atomic E-state index is 0.0289. The summed E-state index contributed by atoms with van der Waals surface area (Å²) < 4.78 is 0. The quantitative estimate of drug-likeness (QED) is 0.359. The zero-order chi connectivity index (χ0) is 12.7. The number of hydrogen-bond acceptors (Lipinski definition) is 6. The summed E-state index contributed by atoms with van der Waals surface area (Å²) in [5.74, 6) is -2.36. The number of aromatic nitrogens is 1. The van der Waals surface area contributed by atoms with Crippen LogP contribution in [-0.2, 0) is 4.79 Å². The molecule has 7 nitrogen and oxygen atoms in total. The third-order valence-corrected chi connectivity index (χ3v) is 2.71. The lowest BCUT2D eigenvalue weighted by molar-refractivity contribution is -0.110. The number of ketones is 1. The molecule has 0 atom stereocenters. The molecule has 1 aliphatic heterocycles. The lowest BCUT2D eigenvalue weighted by atomic mass is 10.0. The predicted molar refractivity (Wildman–Crippen MR) is 57.8 cm³/mol. The Balaban J connectivity index is 2.75. The Bertz CT molecular complexity index is 582. The van der Waals surface area contributed by atoms with Crippen molar-refractivity contribution in [3.05, 3.63) is 16.3 Å². The molecule has 17 heavy (non-hydrogen) atoms. The van der Waals surface area contributed by atoms with Crippen LogP contribution in [0.5, 0.6) is 5.75 Å². The van der Waals surface area contributed by atoms with E-state index in [1.807, 2.05) is 0 Å². The first-order valence-corrected chi connectivity index (χ1v) is 4.82. The maximum absolute atomic E-state index is 11.7. The fourth-order valence-electron chi connectivity index (χ4n) is 1.42. The third kappa shape index (κ3) is 1.51. The van der Waals surface area contributed by atoms with Crippen LogP contribution in [0, 0.1) is 6.92 Å². The minimum atomic E-state index is -0.906. The summed E-state index contributed by atoms with van der Waals surface area (Å²) >= 11 is 5.70. The van der Waals surface area contributed by atoms with Crippen LogP contribution in [0.25, 0.3) is 0 Å². The highest BCUT2D eigenvalue weighted by Gasteiger charge is 2.35. The summed E-state index contributed by atoms with van der Waals surface area (Å²) in [6.07, 6.45) is 0. The van der Waals surface area contributed by atoms with Crippen molar-refractivity contribution in [2.75, 3.05) is 5.32 Å². The summed E-state index contributed by atoms with van der Waals surface area (Å²) in [5.41, 5.74) is -0.747. The van der Waals surface area contributed by atoms with Crippen LogP contribution in [0.2, 0.25) is 5.15 Å². The number of carbonyl (C=O) groups excluding carboxylic acids is 2. The SMILES string of the molecule is Cc1c(Cl)nc2c(c1O)C(=O)C(=NO)C(=O)N2. The molecule has 0 unspecified atom stereocenters. The van der Waals surface area contributed by atoms with Gasteiger partial charge in [0.25, 0.3) is 5.91 Å². The summed E-state index contributed by atoms with van der Waals surface area (Å²) in [5, 5.41) is 23.1. The summed E-state index contributed by atoms with van der Waals surface area (Å²) in [6, 6.07) is 0. The monoisotopic (exact) mass is 255 g/mol. The molecule has 3 N–H and O–H groups in total. The van der Waals surface area contributed by atoms with E-state index in [9.17, 15) is 14.7 Å². The normalized spacial score (nSPS) is 16.9. The van der Waals surface area contributed by atoms with Crippen LogP contribution >= 0.6 is 11.6 Å². The van der Waals surface area contributed by atoms with Crippen molar-refractivity contribution in [2.24, 2.45) is 5.16 Å². The van der Waals surface area contributed by atoms with E-state index in [1.54, 1.807) is 0 Å². The molecule has 1 aromatic heterocycles. The van der Waals surface area contributed by atoms with E-state index in [0.717, 1.165) is 0 Å². The van der Waals surface area contributed by atoms with E-state index in [2.05, 4.69) is 15.5 Å². The molecule has 0 radical (unpaired) electrons. The molecule has 1 amide bonds. The average molecular weight is 256 g/mol. The summed E-state index contributed by atoms with van der Waals surface area (Å²) in [6.45, 7) is 1.46. The molecule has 8 heteroatoms. The van der Waals surface area contributed by atoms with Crippen molar-refractivity contribution in [2.45, 2.75) is 6.92 Å². The largest absolute Gasteiger partial charge is 0.507 e. The predicted octanol–water partition coefficient (Wildman–Crippen LogP) is 0.714. The highest BCUT2D eigenvalue weighted by atomic mass is 35.5. The standard InChI is InChI=1S/C9H6ClN3O4/c1-2-5(14)3-6(15)4(13-17)9(16)12-8(3)11-7(2)10/h17H,1H3,(H2,11,12,14,16). The van der Waals surface area contributed by atoms with Gasteiger partial charge in [-0.25, -0.2) is 4.98 Å². The van der Waals surface area contributed by atoms with E-state index in [1.165, 1.54) is 6.92 Å². The molecule has 0 bridgehead atoms. The van der Waals surface area contributed by atoms with Crippen molar-refractivity contribution in [3.8, 4) is 5.75 Å². The number of halogens is 1. The minimum Gasteiger partial charge on any atom is -0.507 e. The van der Waals surface area contributed by atoms with E-state index < -0.39 is 23.2 Å². The van der Waals surface area contributed by atoms with Crippen LogP contribution in [0.4, 0.5) is 5.82 Å². The molecule has 0 saturated carbocycles. The van der Waals surface area contributed by atoms with Gasteiger partial charge in [0.2, 0.25) is 11.5 Å². The highest BCUT2D eigenvalue weighted by Crippen LogP contribution is 2.34. The van der Waals surface area contributed by atoms with Crippen molar-refractivity contribution < 1.29 is 19.9 Å². The van der Waals surface area contributed by atoms with Gasteiger partial charge in [0, 0.05) is 5.56 Å².